The summed E-state index contributed by atoms with van der Waals surface area (Å²) in [6.45, 7) is 0.838. The zero-order valence-corrected chi connectivity index (χ0v) is 16.4. The lowest BCUT2D eigenvalue weighted by molar-refractivity contribution is 0.102. The van der Waals surface area contributed by atoms with E-state index in [0.717, 1.165) is 25.0 Å². The molecule has 9 heteroatoms. The maximum atomic E-state index is 14.3. The molecule has 0 radical (unpaired) electrons. The van der Waals surface area contributed by atoms with Gasteiger partial charge >= 0.3 is 0 Å². The fourth-order valence-electron chi connectivity index (χ4n) is 3.02. The second kappa shape index (κ2) is 8.15. The van der Waals surface area contributed by atoms with Crippen molar-refractivity contribution >= 4 is 21.6 Å². The highest BCUT2D eigenvalue weighted by atomic mass is 32.2. The van der Waals surface area contributed by atoms with Crippen molar-refractivity contribution < 1.29 is 27.1 Å². The van der Waals surface area contributed by atoms with Crippen molar-refractivity contribution in [1.29, 1.82) is 0 Å². The topological polar surface area (TPSA) is 84.9 Å². The van der Waals surface area contributed by atoms with E-state index < -0.39 is 21.7 Å². The van der Waals surface area contributed by atoms with Crippen LogP contribution in [-0.4, -0.2) is 45.9 Å². The fourth-order valence-corrected chi connectivity index (χ4v) is 4.56. The lowest BCUT2D eigenvalue weighted by Gasteiger charge is -2.16. The summed E-state index contributed by atoms with van der Waals surface area (Å²) in [5.74, 6) is -0.778. The Kier molecular flexibility index (Phi) is 5.85. The number of amides is 1. The third kappa shape index (κ3) is 3.95. The van der Waals surface area contributed by atoms with E-state index in [1.54, 1.807) is 12.1 Å². The zero-order chi connectivity index (χ0) is 20.3. The first kappa shape index (κ1) is 20.1. The van der Waals surface area contributed by atoms with E-state index in [1.807, 2.05) is 0 Å². The molecule has 0 saturated carbocycles. The second-order valence-electron chi connectivity index (χ2n) is 6.27. The first-order chi connectivity index (χ1) is 13.4. The van der Waals surface area contributed by atoms with Gasteiger partial charge in [0.25, 0.3) is 5.91 Å². The van der Waals surface area contributed by atoms with Gasteiger partial charge in [-0.25, -0.2) is 12.8 Å². The van der Waals surface area contributed by atoms with Gasteiger partial charge in [0.15, 0.2) is 0 Å². The van der Waals surface area contributed by atoms with Crippen molar-refractivity contribution in [2.45, 2.75) is 17.7 Å². The van der Waals surface area contributed by atoms with Crippen LogP contribution in [0, 0.1) is 5.82 Å². The number of benzene rings is 2. The van der Waals surface area contributed by atoms with Crippen LogP contribution in [0.3, 0.4) is 0 Å². The Morgan fingerprint density at radius 3 is 2.43 bits per heavy atom. The summed E-state index contributed by atoms with van der Waals surface area (Å²) in [7, 11) is -0.862. The molecular formula is C19H21FN2O5S. The molecular weight excluding hydrogens is 387 g/mol. The third-order valence-electron chi connectivity index (χ3n) is 4.54. The summed E-state index contributed by atoms with van der Waals surface area (Å²) in [6, 6.07) is 7.99. The van der Waals surface area contributed by atoms with Gasteiger partial charge in [-0.15, -0.1) is 0 Å². The summed E-state index contributed by atoms with van der Waals surface area (Å²) in [5, 5.41) is 2.55. The minimum atomic E-state index is -3.77. The lowest BCUT2D eigenvalue weighted by Crippen LogP contribution is -2.28. The van der Waals surface area contributed by atoms with Gasteiger partial charge in [-0.2, -0.15) is 4.31 Å². The highest BCUT2D eigenvalue weighted by Gasteiger charge is 2.28. The van der Waals surface area contributed by atoms with Gasteiger partial charge in [0.05, 0.1) is 30.4 Å². The molecule has 0 spiro atoms. The van der Waals surface area contributed by atoms with E-state index in [9.17, 15) is 17.6 Å². The summed E-state index contributed by atoms with van der Waals surface area (Å²) < 4.78 is 51.3. The van der Waals surface area contributed by atoms with Crippen LogP contribution in [0.5, 0.6) is 11.5 Å². The molecule has 0 aromatic heterocycles. The van der Waals surface area contributed by atoms with Crippen molar-refractivity contribution in [2.75, 3.05) is 32.6 Å². The van der Waals surface area contributed by atoms with Crippen LogP contribution < -0.4 is 14.8 Å². The minimum Gasteiger partial charge on any atom is -0.497 e. The van der Waals surface area contributed by atoms with Crippen LogP contribution in [-0.2, 0) is 10.0 Å². The quantitative estimate of drug-likeness (QED) is 0.795. The van der Waals surface area contributed by atoms with Crippen LogP contribution >= 0.6 is 0 Å². The molecule has 2 aromatic carbocycles. The molecule has 1 aliphatic rings. The standard InChI is InChI=1S/C19H21FN2O5S/c1-26-13-5-8-18(27-2)17(11-13)21-19(23)15-12-14(6-7-16(15)20)28(24,25)22-9-3-4-10-22/h5-8,11-12H,3-4,9-10H2,1-2H3,(H,21,23). The smallest absolute Gasteiger partial charge is 0.258 e. The highest BCUT2D eigenvalue weighted by molar-refractivity contribution is 7.89. The van der Waals surface area contributed by atoms with Gasteiger partial charge in [-0.05, 0) is 43.2 Å². The molecule has 1 fully saturated rings. The van der Waals surface area contributed by atoms with Crippen LogP contribution in [0.15, 0.2) is 41.3 Å². The molecule has 1 saturated heterocycles. The Hall–Kier alpha value is -2.65. The van der Waals surface area contributed by atoms with Crippen LogP contribution in [0.2, 0.25) is 0 Å². The largest absolute Gasteiger partial charge is 0.497 e. The number of carbonyl (C=O) groups is 1. The lowest BCUT2D eigenvalue weighted by atomic mass is 10.2. The average Bonchev–Trinajstić information content (AvgIpc) is 3.23. The second-order valence-corrected chi connectivity index (χ2v) is 8.21. The molecule has 150 valence electrons. The fraction of sp³-hybridized carbons (Fsp3) is 0.316. The highest BCUT2D eigenvalue weighted by Crippen LogP contribution is 2.30. The molecule has 7 nitrogen and oxygen atoms in total. The normalized spacial score (nSPS) is 14.7. The molecule has 1 N–H and O–H groups in total. The van der Waals surface area contributed by atoms with Gasteiger partial charge in [0, 0.05) is 19.2 Å². The maximum absolute atomic E-state index is 14.3. The van der Waals surface area contributed by atoms with Crippen molar-refractivity contribution in [1.82, 2.24) is 4.31 Å². The molecule has 28 heavy (non-hydrogen) atoms. The minimum absolute atomic E-state index is 0.112. The molecule has 0 atom stereocenters. The number of nitrogens with zero attached hydrogens (tertiary/aromatic N) is 1. The number of rotatable bonds is 6. The Morgan fingerprint density at radius 2 is 1.79 bits per heavy atom. The number of halogens is 1. The number of hydrogen-bond donors (Lipinski definition) is 1. The van der Waals surface area contributed by atoms with Gasteiger partial charge < -0.3 is 14.8 Å². The average molecular weight is 408 g/mol. The SMILES string of the molecule is COc1ccc(OC)c(NC(=O)c2cc(S(=O)(=O)N3CCCC3)ccc2F)c1. The zero-order valence-electron chi connectivity index (χ0n) is 15.6. The molecule has 2 aromatic rings. The van der Waals surface area contributed by atoms with Crippen LogP contribution in [0.4, 0.5) is 10.1 Å². The molecule has 0 bridgehead atoms. The van der Waals surface area contributed by atoms with Gasteiger partial charge in [-0.1, -0.05) is 0 Å². The Balaban J connectivity index is 1.92. The number of anilines is 1. The van der Waals surface area contributed by atoms with E-state index in [-0.39, 0.29) is 16.1 Å². The summed E-state index contributed by atoms with van der Waals surface area (Å²) in [4.78, 5) is 12.5. The van der Waals surface area contributed by atoms with E-state index in [4.69, 9.17) is 9.47 Å². The van der Waals surface area contributed by atoms with Gasteiger partial charge in [0.1, 0.15) is 17.3 Å². The maximum Gasteiger partial charge on any atom is 0.258 e. The van der Waals surface area contributed by atoms with E-state index >= 15 is 0 Å². The van der Waals surface area contributed by atoms with Gasteiger partial charge in [-0.3, -0.25) is 4.79 Å². The summed E-state index contributed by atoms with van der Waals surface area (Å²) in [6.07, 6.45) is 1.56. The Morgan fingerprint density at radius 1 is 1.07 bits per heavy atom. The van der Waals surface area contributed by atoms with E-state index in [2.05, 4.69) is 5.32 Å². The predicted octanol–water partition coefficient (Wildman–Crippen LogP) is 2.88. The number of sulfonamides is 1. The van der Waals surface area contributed by atoms with E-state index in [1.165, 1.54) is 30.7 Å². The number of hydrogen-bond acceptors (Lipinski definition) is 5. The monoisotopic (exact) mass is 408 g/mol. The first-order valence-corrected chi connectivity index (χ1v) is 10.1. The molecule has 0 unspecified atom stereocenters. The number of carbonyl (C=O) groups excluding carboxylic acids is 1. The molecule has 0 aliphatic carbocycles. The summed E-state index contributed by atoms with van der Waals surface area (Å²) >= 11 is 0. The van der Waals surface area contributed by atoms with E-state index in [0.29, 0.717) is 24.6 Å². The number of nitrogens with one attached hydrogen (secondary N) is 1. The Bertz CT molecular complexity index is 988. The number of methoxy groups -OCH3 is 2. The summed E-state index contributed by atoms with van der Waals surface area (Å²) in [5.41, 5.74) is -0.0933. The molecule has 1 aliphatic heterocycles. The Labute approximate surface area is 163 Å². The molecule has 1 amide bonds. The van der Waals surface area contributed by atoms with Crippen LogP contribution in [0.25, 0.3) is 0 Å². The molecule has 3 rings (SSSR count). The van der Waals surface area contributed by atoms with Crippen molar-refractivity contribution in [3.05, 3.63) is 47.8 Å². The van der Waals surface area contributed by atoms with Gasteiger partial charge in [0.2, 0.25) is 10.0 Å². The van der Waals surface area contributed by atoms with Crippen molar-refractivity contribution in [3.63, 3.8) is 0 Å². The van der Waals surface area contributed by atoms with Crippen LogP contribution in [0.1, 0.15) is 23.2 Å². The predicted molar refractivity (Wildman–Crippen MR) is 102 cm³/mol. The first-order valence-electron chi connectivity index (χ1n) is 8.70. The third-order valence-corrected chi connectivity index (χ3v) is 6.43. The van der Waals surface area contributed by atoms with Crippen molar-refractivity contribution in [3.8, 4) is 11.5 Å². The number of ether oxygens (including phenoxy) is 2. The molecule has 1 heterocycles. The van der Waals surface area contributed by atoms with Crippen molar-refractivity contribution in [2.24, 2.45) is 0 Å².